The first-order chi connectivity index (χ1) is 11.2. The van der Waals surface area contributed by atoms with Crippen molar-refractivity contribution in [3.8, 4) is 0 Å². The molecule has 2 aromatic rings. The molecular formula is C22H32P2. The number of hydrogen-bond acceptors (Lipinski definition) is 0. The van der Waals surface area contributed by atoms with E-state index in [4.69, 9.17) is 0 Å². The molecule has 2 aromatic carbocycles. The van der Waals surface area contributed by atoms with Gasteiger partial charge in [0.1, 0.15) is 0 Å². The van der Waals surface area contributed by atoms with Crippen molar-refractivity contribution < 1.29 is 0 Å². The van der Waals surface area contributed by atoms with Crippen LogP contribution in [0.15, 0.2) is 60.7 Å². The van der Waals surface area contributed by atoms with Gasteiger partial charge in [0.2, 0.25) is 0 Å². The summed E-state index contributed by atoms with van der Waals surface area (Å²) in [6.07, 6.45) is 2.64. The topological polar surface area (TPSA) is 0 Å². The highest BCUT2D eigenvalue weighted by Gasteiger charge is 2.30. The van der Waals surface area contributed by atoms with Crippen molar-refractivity contribution in [2.75, 3.05) is 12.3 Å². The fourth-order valence-corrected chi connectivity index (χ4v) is 9.19. The van der Waals surface area contributed by atoms with Gasteiger partial charge in [-0.3, -0.25) is 0 Å². The Bertz CT molecular complexity index is 548. The molecule has 0 aliphatic carbocycles. The van der Waals surface area contributed by atoms with Crippen LogP contribution >= 0.6 is 15.8 Å². The largest absolute Gasteiger partial charge is 0.0694 e. The lowest BCUT2D eigenvalue weighted by atomic mass is 10.3. The molecule has 0 nitrogen and oxygen atoms in total. The van der Waals surface area contributed by atoms with Crippen molar-refractivity contribution in [2.24, 2.45) is 0 Å². The molecule has 0 aliphatic heterocycles. The van der Waals surface area contributed by atoms with Gasteiger partial charge in [-0.05, 0) is 33.2 Å². The maximum absolute atomic E-state index is 2.41. The quantitative estimate of drug-likeness (QED) is 0.558. The van der Waals surface area contributed by atoms with Crippen molar-refractivity contribution in [3.05, 3.63) is 60.7 Å². The Kier molecular flexibility index (Phi) is 6.64. The standard InChI is InChI=1S/C22H32P2/c1-21(2,3)23(19-13-9-7-10-14-19)17-18-24(22(4,5)6)20-15-11-8-12-16-20/h7-16H,17-18H2,1-6H3/t23-,24-/m0/s1. The van der Waals surface area contributed by atoms with Crippen molar-refractivity contribution >= 4 is 26.5 Å². The van der Waals surface area contributed by atoms with Gasteiger partial charge in [-0.25, -0.2) is 0 Å². The summed E-state index contributed by atoms with van der Waals surface area (Å²) in [6, 6.07) is 22.4. The maximum atomic E-state index is 2.41. The molecule has 0 N–H and O–H groups in total. The molecule has 0 amide bonds. The second-order valence-electron chi connectivity index (χ2n) is 8.32. The van der Waals surface area contributed by atoms with Gasteiger partial charge >= 0.3 is 0 Å². The van der Waals surface area contributed by atoms with Crippen molar-refractivity contribution in [1.29, 1.82) is 0 Å². The van der Waals surface area contributed by atoms with Gasteiger partial charge in [0.25, 0.3) is 0 Å². The smallest absolute Gasteiger partial charge is 0.0139 e. The summed E-state index contributed by atoms with van der Waals surface area (Å²) in [4.78, 5) is 0. The van der Waals surface area contributed by atoms with E-state index in [9.17, 15) is 0 Å². The van der Waals surface area contributed by atoms with Gasteiger partial charge in [0.15, 0.2) is 0 Å². The first kappa shape index (κ1) is 19.6. The Balaban J connectivity index is 2.23. The van der Waals surface area contributed by atoms with E-state index in [1.165, 1.54) is 12.3 Å². The highest BCUT2D eigenvalue weighted by atomic mass is 31.1. The van der Waals surface area contributed by atoms with Crippen LogP contribution in [0.25, 0.3) is 0 Å². The van der Waals surface area contributed by atoms with Crippen molar-refractivity contribution in [1.82, 2.24) is 0 Å². The molecule has 0 spiro atoms. The third-order valence-corrected chi connectivity index (χ3v) is 11.1. The zero-order valence-electron chi connectivity index (χ0n) is 16.1. The maximum Gasteiger partial charge on any atom is -0.0139 e. The Morgan fingerprint density at radius 1 is 0.542 bits per heavy atom. The molecule has 0 aromatic heterocycles. The normalized spacial score (nSPS) is 15.1. The van der Waals surface area contributed by atoms with Gasteiger partial charge in [-0.15, -0.1) is 0 Å². The van der Waals surface area contributed by atoms with Crippen LogP contribution in [0.2, 0.25) is 0 Å². The van der Waals surface area contributed by atoms with E-state index in [0.29, 0.717) is 10.3 Å². The van der Waals surface area contributed by atoms with Gasteiger partial charge in [0, 0.05) is 0 Å². The van der Waals surface area contributed by atoms with Crippen LogP contribution in [0.3, 0.4) is 0 Å². The Hall–Kier alpha value is -0.700. The Morgan fingerprint density at radius 2 is 0.833 bits per heavy atom. The molecule has 24 heavy (non-hydrogen) atoms. The van der Waals surface area contributed by atoms with Crippen LogP contribution < -0.4 is 10.6 Å². The lowest BCUT2D eigenvalue weighted by Crippen LogP contribution is -2.26. The highest BCUT2D eigenvalue weighted by Crippen LogP contribution is 2.54. The molecule has 0 saturated carbocycles. The fourth-order valence-electron chi connectivity index (χ4n) is 3.12. The average molecular weight is 358 g/mol. The van der Waals surface area contributed by atoms with E-state index in [0.717, 1.165) is 0 Å². The second kappa shape index (κ2) is 8.12. The molecule has 0 radical (unpaired) electrons. The molecule has 0 unspecified atom stereocenters. The minimum absolute atomic E-state index is 0.151. The number of rotatable bonds is 5. The van der Waals surface area contributed by atoms with Gasteiger partial charge in [-0.2, -0.15) is 0 Å². The predicted octanol–water partition coefficient (Wildman–Crippen LogP) is 6.20. The van der Waals surface area contributed by atoms with E-state index in [1.54, 1.807) is 10.6 Å². The van der Waals surface area contributed by atoms with Crippen molar-refractivity contribution in [3.63, 3.8) is 0 Å². The monoisotopic (exact) mass is 358 g/mol. The van der Waals surface area contributed by atoms with E-state index < -0.39 is 0 Å². The minimum atomic E-state index is -0.151. The molecule has 0 bridgehead atoms. The summed E-state index contributed by atoms with van der Waals surface area (Å²) in [5, 5.41) is 3.81. The summed E-state index contributed by atoms with van der Waals surface area (Å²) in [5.74, 6) is 0. The van der Waals surface area contributed by atoms with E-state index in [2.05, 4.69) is 102 Å². The Morgan fingerprint density at radius 3 is 1.08 bits per heavy atom. The SMILES string of the molecule is CC(C)(C)[P@@](CC[P@@](c1ccccc1)C(C)(C)C)c1ccccc1. The van der Waals surface area contributed by atoms with Gasteiger partial charge in [-0.1, -0.05) is 118 Å². The first-order valence-electron chi connectivity index (χ1n) is 8.85. The summed E-state index contributed by atoms with van der Waals surface area (Å²) in [6.45, 7) is 14.5. The molecule has 0 heterocycles. The molecule has 2 rings (SSSR count). The highest BCUT2D eigenvalue weighted by molar-refractivity contribution is 7.70. The van der Waals surface area contributed by atoms with Gasteiger partial charge in [0.05, 0.1) is 0 Å². The van der Waals surface area contributed by atoms with E-state index in [1.807, 2.05) is 0 Å². The molecule has 0 saturated heterocycles. The van der Waals surface area contributed by atoms with E-state index >= 15 is 0 Å². The zero-order chi connectivity index (χ0) is 17.8. The van der Waals surface area contributed by atoms with Crippen LogP contribution in [-0.2, 0) is 0 Å². The summed E-state index contributed by atoms with van der Waals surface area (Å²) >= 11 is 0. The number of benzene rings is 2. The lowest BCUT2D eigenvalue weighted by Gasteiger charge is -2.37. The van der Waals surface area contributed by atoms with Gasteiger partial charge < -0.3 is 0 Å². The summed E-state index contributed by atoms with van der Waals surface area (Å²) in [5.41, 5.74) is 0. The third kappa shape index (κ3) is 5.40. The van der Waals surface area contributed by atoms with Crippen LogP contribution in [0.5, 0.6) is 0 Å². The molecular weight excluding hydrogens is 326 g/mol. The molecule has 2 heteroatoms. The van der Waals surface area contributed by atoms with Crippen LogP contribution in [-0.4, -0.2) is 22.6 Å². The predicted molar refractivity (Wildman–Crippen MR) is 115 cm³/mol. The average Bonchev–Trinajstić information content (AvgIpc) is 2.51. The third-order valence-electron chi connectivity index (χ3n) is 4.30. The second-order valence-corrected chi connectivity index (χ2v) is 14.6. The van der Waals surface area contributed by atoms with Crippen LogP contribution in [0.1, 0.15) is 41.5 Å². The zero-order valence-corrected chi connectivity index (χ0v) is 17.9. The molecule has 0 aliphatic rings. The molecule has 0 fully saturated rings. The summed E-state index contributed by atoms with van der Waals surface area (Å²) < 4.78 is 0. The first-order valence-corrected chi connectivity index (χ1v) is 11.9. The van der Waals surface area contributed by atoms with Crippen LogP contribution in [0, 0.1) is 0 Å². The minimum Gasteiger partial charge on any atom is -0.0694 e. The molecule has 2 atom stereocenters. The van der Waals surface area contributed by atoms with Crippen molar-refractivity contribution in [2.45, 2.75) is 51.9 Å². The Labute approximate surface area is 151 Å². The van der Waals surface area contributed by atoms with Crippen LogP contribution in [0.4, 0.5) is 0 Å². The molecule has 130 valence electrons. The fraction of sp³-hybridized carbons (Fsp3) is 0.455. The number of hydrogen-bond donors (Lipinski definition) is 0. The summed E-state index contributed by atoms with van der Waals surface area (Å²) in [7, 11) is -0.301. The lowest BCUT2D eigenvalue weighted by molar-refractivity contribution is 0.780. The van der Waals surface area contributed by atoms with E-state index in [-0.39, 0.29) is 15.8 Å².